The summed E-state index contributed by atoms with van der Waals surface area (Å²) in [5.74, 6) is -2.72. The summed E-state index contributed by atoms with van der Waals surface area (Å²) < 4.78 is 5.31. The maximum atomic E-state index is 12.3. The molecule has 1 heterocycles. The fraction of sp³-hybridized carbons (Fsp3) is 0.263. The molecule has 11 nitrogen and oxygen atoms in total. The van der Waals surface area contributed by atoms with Gasteiger partial charge in [0, 0.05) is 5.38 Å². The number of aromatic nitrogens is 1. The molecule has 0 aliphatic rings. The lowest BCUT2D eigenvalue weighted by atomic mass is 10.1. The molecule has 1 aromatic heterocycles. The Balaban J connectivity index is 2.05. The lowest BCUT2D eigenvalue weighted by Gasteiger charge is -2.20. The molecule has 2 amide bonds. The zero-order valence-electron chi connectivity index (χ0n) is 16.9. The third-order valence-corrected chi connectivity index (χ3v) is 4.08. The molecular formula is C19H20N4O7S. The zero-order chi connectivity index (χ0) is 23.0. The van der Waals surface area contributed by atoms with Crippen LogP contribution in [0.5, 0.6) is 0 Å². The molecule has 0 aliphatic heterocycles. The minimum absolute atomic E-state index is 0.0440. The van der Waals surface area contributed by atoms with E-state index in [0.717, 1.165) is 11.3 Å². The maximum Gasteiger partial charge on any atom is 0.360 e. The Morgan fingerprint density at radius 1 is 1.26 bits per heavy atom. The Kier molecular flexibility index (Phi) is 7.80. The number of carboxylic acids is 1. The number of benzene rings is 1. The van der Waals surface area contributed by atoms with E-state index >= 15 is 0 Å². The number of oxime groups is 1. The average Bonchev–Trinajstić information content (AvgIpc) is 3.12. The Morgan fingerprint density at radius 2 is 1.97 bits per heavy atom. The summed E-state index contributed by atoms with van der Waals surface area (Å²) in [6, 6.07) is 6.26. The Hall–Kier alpha value is -3.80. The lowest BCUT2D eigenvalue weighted by Crippen LogP contribution is -2.25. The molecule has 0 radical (unpaired) electrons. The monoisotopic (exact) mass is 448 g/mol. The third kappa shape index (κ3) is 7.19. The second kappa shape index (κ2) is 10.3. The van der Waals surface area contributed by atoms with Crippen molar-refractivity contribution in [1.82, 2.24) is 4.98 Å². The summed E-state index contributed by atoms with van der Waals surface area (Å²) in [6.45, 7) is 4.54. The number of carboxylic acid groups (broad SMARTS) is 1. The van der Waals surface area contributed by atoms with Gasteiger partial charge in [0.05, 0.1) is 11.3 Å². The van der Waals surface area contributed by atoms with Crippen LogP contribution in [0.15, 0.2) is 34.8 Å². The van der Waals surface area contributed by atoms with Crippen molar-refractivity contribution in [2.24, 2.45) is 5.16 Å². The standard InChI is InChI=1S/C19H20N4O7S/c1-19(2,3)30-17(28)11-6-4-5-7-12(11)21-14(25)8-29-23-15(16(26)27)13-9-31-18(22-13)20-10-24/h4-7,9-10H,8H2,1-3H3,(H,21,25)(H,26,27)(H,20,22,24)/b23-15-. The summed E-state index contributed by atoms with van der Waals surface area (Å²) in [6.07, 6.45) is 0.399. The highest BCUT2D eigenvalue weighted by Gasteiger charge is 2.21. The number of amides is 2. The maximum absolute atomic E-state index is 12.3. The van der Waals surface area contributed by atoms with E-state index in [1.54, 1.807) is 32.9 Å². The van der Waals surface area contributed by atoms with Gasteiger partial charge in [-0.15, -0.1) is 11.3 Å². The van der Waals surface area contributed by atoms with E-state index in [1.165, 1.54) is 17.5 Å². The van der Waals surface area contributed by atoms with E-state index in [0.29, 0.717) is 6.41 Å². The molecule has 0 fully saturated rings. The first kappa shape index (κ1) is 23.5. The molecule has 0 spiro atoms. The predicted octanol–water partition coefficient (Wildman–Crippen LogP) is 2.11. The molecular weight excluding hydrogens is 428 g/mol. The van der Waals surface area contributed by atoms with Crippen LogP contribution in [0.1, 0.15) is 36.8 Å². The highest BCUT2D eigenvalue weighted by Crippen LogP contribution is 2.20. The van der Waals surface area contributed by atoms with Crippen molar-refractivity contribution in [2.75, 3.05) is 17.2 Å². The van der Waals surface area contributed by atoms with Crippen molar-refractivity contribution < 1.29 is 33.9 Å². The fourth-order valence-electron chi connectivity index (χ4n) is 2.14. The minimum Gasteiger partial charge on any atom is -0.476 e. The zero-order valence-corrected chi connectivity index (χ0v) is 17.7. The smallest absolute Gasteiger partial charge is 0.360 e. The molecule has 0 bridgehead atoms. The van der Waals surface area contributed by atoms with Crippen molar-refractivity contribution in [2.45, 2.75) is 26.4 Å². The van der Waals surface area contributed by atoms with Gasteiger partial charge in [0.2, 0.25) is 12.1 Å². The van der Waals surface area contributed by atoms with Crippen LogP contribution in [0.2, 0.25) is 0 Å². The highest BCUT2D eigenvalue weighted by atomic mass is 32.1. The SMILES string of the molecule is CC(C)(C)OC(=O)c1ccccc1NC(=O)CO/N=C(\C(=O)O)c1csc(NC=O)n1. The normalized spacial score (nSPS) is 11.4. The van der Waals surface area contributed by atoms with Gasteiger partial charge < -0.3 is 25.3 Å². The van der Waals surface area contributed by atoms with Crippen molar-refractivity contribution in [1.29, 1.82) is 0 Å². The number of carbonyl (C=O) groups is 4. The third-order valence-electron chi connectivity index (χ3n) is 3.30. The van der Waals surface area contributed by atoms with E-state index < -0.39 is 35.8 Å². The van der Waals surface area contributed by atoms with E-state index in [2.05, 4.69) is 20.8 Å². The number of aliphatic carboxylic acids is 1. The number of carbonyl (C=O) groups excluding carboxylic acids is 3. The highest BCUT2D eigenvalue weighted by molar-refractivity contribution is 7.14. The first-order valence-corrected chi connectivity index (χ1v) is 9.70. The number of ether oxygens (including phenoxy) is 1. The van der Waals surface area contributed by atoms with Crippen molar-refractivity contribution in [3.8, 4) is 0 Å². The predicted molar refractivity (Wildman–Crippen MR) is 112 cm³/mol. The molecule has 3 N–H and O–H groups in total. The van der Waals surface area contributed by atoms with Gasteiger partial charge in [0.15, 0.2) is 11.7 Å². The minimum atomic E-state index is -1.43. The molecule has 1 aromatic carbocycles. The Morgan fingerprint density at radius 3 is 2.61 bits per heavy atom. The van der Waals surface area contributed by atoms with Crippen LogP contribution in [-0.4, -0.2) is 52.3 Å². The van der Waals surface area contributed by atoms with Gasteiger partial charge in [-0.2, -0.15) is 0 Å². The number of nitrogens with one attached hydrogen (secondary N) is 2. The number of hydrogen-bond donors (Lipinski definition) is 3. The van der Waals surface area contributed by atoms with Crippen LogP contribution in [-0.2, 0) is 24.0 Å². The molecule has 31 heavy (non-hydrogen) atoms. The van der Waals surface area contributed by atoms with Gasteiger partial charge in [-0.1, -0.05) is 17.3 Å². The second-order valence-corrected chi connectivity index (χ2v) is 7.77. The molecule has 0 atom stereocenters. The Bertz CT molecular complexity index is 1010. The lowest BCUT2D eigenvalue weighted by molar-refractivity contribution is -0.130. The second-order valence-electron chi connectivity index (χ2n) is 6.91. The van der Waals surface area contributed by atoms with Crippen LogP contribution in [0.25, 0.3) is 0 Å². The molecule has 2 rings (SSSR count). The molecule has 164 valence electrons. The van der Waals surface area contributed by atoms with E-state index in [-0.39, 0.29) is 22.1 Å². The number of hydrogen-bond acceptors (Lipinski definition) is 9. The van der Waals surface area contributed by atoms with E-state index in [9.17, 15) is 24.3 Å². The van der Waals surface area contributed by atoms with Crippen molar-refractivity contribution in [3.05, 3.63) is 40.9 Å². The first-order valence-electron chi connectivity index (χ1n) is 8.82. The summed E-state index contributed by atoms with van der Waals surface area (Å²) in [7, 11) is 0. The van der Waals surface area contributed by atoms with Gasteiger partial charge in [-0.05, 0) is 32.9 Å². The van der Waals surface area contributed by atoms with Crippen LogP contribution in [0.3, 0.4) is 0 Å². The summed E-state index contributed by atoms with van der Waals surface area (Å²) in [5, 5.41) is 19.0. The molecule has 0 saturated carbocycles. The quantitative estimate of drug-likeness (QED) is 0.228. The van der Waals surface area contributed by atoms with Crippen molar-refractivity contribution in [3.63, 3.8) is 0 Å². The molecule has 0 saturated heterocycles. The topological polar surface area (TPSA) is 156 Å². The van der Waals surface area contributed by atoms with Gasteiger partial charge >= 0.3 is 11.9 Å². The average molecular weight is 448 g/mol. The number of rotatable bonds is 9. The number of thiazole rings is 1. The van der Waals surface area contributed by atoms with Gasteiger partial charge in [-0.3, -0.25) is 9.59 Å². The van der Waals surface area contributed by atoms with E-state index in [4.69, 9.17) is 9.57 Å². The summed E-state index contributed by atoms with van der Waals surface area (Å²) >= 11 is 0.993. The molecule has 0 unspecified atom stereocenters. The number of nitrogens with zero attached hydrogens (tertiary/aromatic N) is 2. The molecule has 12 heteroatoms. The van der Waals surface area contributed by atoms with Crippen LogP contribution in [0, 0.1) is 0 Å². The van der Waals surface area contributed by atoms with E-state index in [1.807, 2.05) is 0 Å². The molecule has 2 aromatic rings. The number of esters is 1. The number of para-hydroxylation sites is 1. The van der Waals surface area contributed by atoms with Gasteiger partial charge in [0.25, 0.3) is 5.91 Å². The van der Waals surface area contributed by atoms with Crippen LogP contribution >= 0.6 is 11.3 Å². The van der Waals surface area contributed by atoms with Crippen LogP contribution in [0.4, 0.5) is 10.8 Å². The first-order chi connectivity index (χ1) is 14.6. The Labute approximate surface area is 181 Å². The van der Waals surface area contributed by atoms with Crippen LogP contribution < -0.4 is 10.6 Å². The fourth-order valence-corrected chi connectivity index (χ4v) is 2.79. The largest absolute Gasteiger partial charge is 0.476 e. The molecule has 0 aliphatic carbocycles. The number of anilines is 2. The van der Waals surface area contributed by atoms with Gasteiger partial charge in [0.1, 0.15) is 11.3 Å². The van der Waals surface area contributed by atoms with Gasteiger partial charge in [-0.25, -0.2) is 14.6 Å². The summed E-state index contributed by atoms with van der Waals surface area (Å²) in [5.41, 5.74) is -0.944. The van der Waals surface area contributed by atoms with Crippen molar-refractivity contribution >= 4 is 52.1 Å². The summed E-state index contributed by atoms with van der Waals surface area (Å²) in [4.78, 5) is 55.0.